The van der Waals surface area contributed by atoms with Crippen molar-refractivity contribution in [2.45, 2.75) is 6.54 Å². The third kappa shape index (κ3) is 4.26. The van der Waals surface area contributed by atoms with E-state index in [2.05, 4.69) is 36.8 Å². The molecule has 0 aliphatic rings. The smallest absolute Gasteiger partial charge is 0.320 e. The number of halogens is 2. The Morgan fingerprint density at radius 3 is 3.05 bits per heavy atom. The van der Waals surface area contributed by atoms with Crippen LogP contribution in [0.3, 0.4) is 0 Å². The van der Waals surface area contributed by atoms with Gasteiger partial charge in [0.1, 0.15) is 5.82 Å². The minimum Gasteiger partial charge on any atom is -0.406 e. The number of rotatable bonds is 7. The number of anilines is 2. The van der Waals surface area contributed by atoms with Crippen LogP contribution in [-0.2, 0) is 11.3 Å². The quantitative estimate of drug-likeness (QED) is 0.751. The normalized spacial score (nSPS) is 10.8. The Balaban J connectivity index is 1.93. The Bertz CT molecular complexity index is 564. The fourth-order valence-corrected chi connectivity index (χ4v) is 1.80. The summed E-state index contributed by atoms with van der Waals surface area (Å²) in [4.78, 5) is 0. The van der Waals surface area contributed by atoms with Gasteiger partial charge in [-0.05, 0) is 34.1 Å². The fourth-order valence-electron chi connectivity index (χ4n) is 1.45. The summed E-state index contributed by atoms with van der Waals surface area (Å²) in [6.45, 7) is 1.74. The molecule has 2 N–H and O–H groups in total. The first-order chi connectivity index (χ1) is 9.69. The van der Waals surface area contributed by atoms with Crippen molar-refractivity contribution >= 4 is 27.6 Å². The summed E-state index contributed by atoms with van der Waals surface area (Å²) in [6, 6.07) is 4.50. The number of ether oxygens (including phenoxy) is 1. The predicted molar refractivity (Wildman–Crippen MR) is 75.3 cm³/mol. The molecule has 0 atom stereocenters. The highest BCUT2D eigenvalue weighted by atomic mass is 79.9. The van der Waals surface area contributed by atoms with Gasteiger partial charge in [-0.2, -0.15) is 0 Å². The molecule has 2 aromatic rings. The molecule has 0 fully saturated rings. The lowest BCUT2D eigenvalue weighted by molar-refractivity contribution is 0.198. The molecule has 20 heavy (non-hydrogen) atoms. The van der Waals surface area contributed by atoms with Crippen molar-refractivity contribution < 1.29 is 13.5 Å². The second kappa shape index (κ2) is 7.32. The first kappa shape index (κ1) is 14.9. The highest BCUT2D eigenvalue weighted by Crippen LogP contribution is 2.25. The minimum atomic E-state index is -0.350. The minimum absolute atomic E-state index is 0.208. The maximum atomic E-state index is 13.1. The average Bonchev–Trinajstić information content (AvgIpc) is 2.87. The van der Waals surface area contributed by atoms with Gasteiger partial charge in [0.2, 0.25) is 5.89 Å². The zero-order valence-corrected chi connectivity index (χ0v) is 12.4. The number of aromatic nitrogens is 2. The molecule has 0 aliphatic heterocycles. The van der Waals surface area contributed by atoms with Gasteiger partial charge < -0.3 is 19.8 Å². The lowest BCUT2D eigenvalue weighted by Gasteiger charge is -2.04. The summed E-state index contributed by atoms with van der Waals surface area (Å²) < 4.78 is 24.1. The fraction of sp³-hybridized carbons (Fsp3) is 0.333. The summed E-state index contributed by atoms with van der Waals surface area (Å²) in [6.07, 6.45) is 0. The van der Waals surface area contributed by atoms with E-state index in [4.69, 9.17) is 9.15 Å². The van der Waals surface area contributed by atoms with Crippen LogP contribution in [0.4, 0.5) is 16.1 Å². The molecule has 1 aromatic heterocycles. The number of hydrogen-bond donors (Lipinski definition) is 2. The predicted octanol–water partition coefficient (Wildman–Crippen LogP) is 2.45. The van der Waals surface area contributed by atoms with Crippen LogP contribution in [0.1, 0.15) is 5.89 Å². The molecule has 8 heteroatoms. The summed E-state index contributed by atoms with van der Waals surface area (Å²) in [5.74, 6) is 0.0906. The molecule has 0 bridgehead atoms. The second-order valence-corrected chi connectivity index (χ2v) is 4.77. The van der Waals surface area contributed by atoms with Crippen molar-refractivity contribution in [2.75, 3.05) is 25.6 Å². The van der Waals surface area contributed by atoms with E-state index in [0.29, 0.717) is 35.7 Å². The maximum Gasteiger partial charge on any atom is 0.320 e. The van der Waals surface area contributed by atoms with Gasteiger partial charge in [-0.15, -0.1) is 5.10 Å². The highest BCUT2D eigenvalue weighted by molar-refractivity contribution is 9.10. The zero-order chi connectivity index (χ0) is 14.4. The summed E-state index contributed by atoms with van der Waals surface area (Å²) >= 11 is 3.31. The van der Waals surface area contributed by atoms with Gasteiger partial charge in [0.25, 0.3) is 0 Å². The average molecular weight is 345 g/mol. The lowest BCUT2D eigenvalue weighted by atomic mass is 10.3. The van der Waals surface area contributed by atoms with Crippen molar-refractivity contribution in [3.63, 3.8) is 0 Å². The van der Waals surface area contributed by atoms with Crippen LogP contribution >= 0.6 is 15.9 Å². The molecule has 0 saturated carbocycles. The second-order valence-electron chi connectivity index (χ2n) is 3.92. The Kier molecular flexibility index (Phi) is 5.45. The molecular formula is C12H14BrFN4O2. The van der Waals surface area contributed by atoms with Gasteiger partial charge in [-0.1, -0.05) is 5.10 Å². The lowest BCUT2D eigenvalue weighted by Crippen LogP contribution is -2.18. The SMILES string of the molecule is COCCNCc1nnc(Nc2cc(F)ccc2Br)o1. The Morgan fingerprint density at radius 1 is 1.40 bits per heavy atom. The molecule has 1 aromatic carbocycles. The molecule has 0 aliphatic carbocycles. The van der Waals surface area contributed by atoms with E-state index in [0.717, 1.165) is 0 Å². The molecule has 0 saturated heterocycles. The summed E-state index contributed by atoms with van der Waals surface area (Å²) in [5, 5.41) is 13.6. The Hall–Kier alpha value is -1.51. The van der Waals surface area contributed by atoms with Crippen LogP contribution in [-0.4, -0.2) is 30.5 Å². The molecule has 0 unspecified atom stereocenters. The van der Waals surface area contributed by atoms with Gasteiger partial charge in [0.05, 0.1) is 18.8 Å². The molecule has 6 nitrogen and oxygen atoms in total. The molecule has 108 valence electrons. The topological polar surface area (TPSA) is 72.2 Å². The molecule has 1 heterocycles. The van der Waals surface area contributed by atoms with Crippen LogP contribution in [0.2, 0.25) is 0 Å². The molecule has 0 spiro atoms. The van der Waals surface area contributed by atoms with Gasteiger partial charge in [-0.3, -0.25) is 0 Å². The molecule has 2 rings (SSSR count). The Labute approximate surface area is 123 Å². The van der Waals surface area contributed by atoms with E-state index < -0.39 is 0 Å². The van der Waals surface area contributed by atoms with E-state index in [1.54, 1.807) is 13.2 Å². The van der Waals surface area contributed by atoms with Crippen molar-refractivity contribution in [1.29, 1.82) is 0 Å². The van der Waals surface area contributed by atoms with Gasteiger partial charge >= 0.3 is 6.01 Å². The summed E-state index contributed by atoms with van der Waals surface area (Å²) in [7, 11) is 1.63. The van der Waals surface area contributed by atoms with E-state index in [-0.39, 0.29) is 11.8 Å². The molecule has 0 radical (unpaired) electrons. The number of nitrogens with one attached hydrogen (secondary N) is 2. The van der Waals surface area contributed by atoms with Crippen LogP contribution in [0.25, 0.3) is 0 Å². The van der Waals surface area contributed by atoms with E-state index >= 15 is 0 Å². The standard InChI is InChI=1S/C12H14BrFN4O2/c1-19-5-4-15-7-11-17-18-12(20-11)16-10-6-8(14)2-3-9(10)13/h2-3,6,15H,4-5,7H2,1H3,(H,16,18). The van der Waals surface area contributed by atoms with Crippen molar-refractivity contribution in [3.8, 4) is 0 Å². The van der Waals surface area contributed by atoms with Crippen LogP contribution in [0.15, 0.2) is 27.1 Å². The van der Waals surface area contributed by atoms with Gasteiger partial charge in [-0.25, -0.2) is 4.39 Å². The van der Waals surface area contributed by atoms with Crippen LogP contribution < -0.4 is 10.6 Å². The largest absolute Gasteiger partial charge is 0.406 e. The molecular weight excluding hydrogens is 331 g/mol. The number of hydrogen-bond acceptors (Lipinski definition) is 6. The number of methoxy groups -OCH3 is 1. The van der Waals surface area contributed by atoms with E-state index in [1.807, 2.05) is 0 Å². The van der Waals surface area contributed by atoms with Gasteiger partial charge in [0.15, 0.2) is 0 Å². The zero-order valence-electron chi connectivity index (χ0n) is 10.8. The first-order valence-corrected chi connectivity index (χ1v) is 6.72. The van der Waals surface area contributed by atoms with Gasteiger partial charge in [0, 0.05) is 18.1 Å². The van der Waals surface area contributed by atoms with Crippen LogP contribution in [0, 0.1) is 5.82 Å². The number of benzene rings is 1. The highest BCUT2D eigenvalue weighted by Gasteiger charge is 2.08. The van der Waals surface area contributed by atoms with Crippen molar-refractivity contribution in [2.24, 2.45) is 0 Å². The Morgan fingerprint density at radius 2 is 2.25 bits per heavy atom. The summed E-state index contributed by atoms with van der Waals surface area (Å²) in [5.41, 5.74) is 0.521. The molecule has 0 amide bonds. The van der Waals surface area contributed by atoms with Crippen molar-refractivity contribution in [3.05, 3.63) is 34.4 Å². The maximum absolute atomic E-state index is 13.1. The third-order valence-electron chi connectivity index (χ3n) is 2.40. The van der Waals surface area contributed by atoms with Crippen molar-refractivity contribution in [1.82, 2.24) is 15.5 Å². The number of nitrogens with zero attached hydrogens (tertiary/aromatic N) is 2. The third-order valence-corrected chi connectivity index (χ3v) is 3.09. The monoisotopic (exact) mass is 344 g/mol. The van der Waals surface area contributed by atoms with Crippen LogP contribution in [0.5, 0.6) is 0 Å². The van der Waals surface area contributed by atoms with E-state index in [1.165, 1.54) is 12.1 Å². The van der Waals surface area contributed by atoms with E-state index in [9.17, 15) is 4.39 Å². The first-order valence-electron chi connectivity index (χ1n) is 5.93.